The van der Waals surface area contributed by atoms with Crippen molar-refractivity contribution in [3.05, 3.63) is 12.3 Å². The first-order chi connectivity index (χ1) is 7.85. The number of carbonyl (C=O) groups excluding carboxylic acids is 1. The molecular formula is C13H22N2O2. The fraction of sp³-hybridized carbons (Fsp3) is 0.769. The molecule has 2 unspecified atom stereocenters. The van der Waals surface area contributed by atoms with E-state index in [1.807, 2.05) is 20.8 Å². The standard InChI is InChI=1S/C13H22N2O2/c1-10-7-14-6-5-11(8-14)9-15(10)12(16)17-13(2,3)4/h11H,1,5-9H2,2-4H3. The molecule has 4 nitrogen and oxygen atoms in total. The topological polar surface area (TPSA) is 32.8 Å². The van der Waals surface area contributed by atoms with E-state index in [2.05, 4.69) is 11.5 Å². The highest BCUT2D eigenvalue weighted by Crippen LogP contribution is 2.25. The molecule has 2 heterocycles. The molecule has 0 aromatic carbocycles. The Morgan fingerprint density at radius 1 is 1.41 bits per heavy atom. The van der Waals surface area contributed by atoms with Crippen LogP contribution in [0.3, 0.4) is 0 Å². The van der Waals surface area contributed by atoms with E-state index in [1.165, 1.54) is 6.42 Å². The SMILES string of the molecule is C=C1CN2CCC(C2)CN1C(=O)OC(C)(C)C. The minimum absolute atomic E-state index is 0.253. The summed E-state index contributed by atoms with van der Waals surface area (Å²) in [6.45, 7) is 13.4. The summed E-state index contributed by atoms with van der Waals surface area (Å²) in [6, 6.07) is 0. The molecule has 2 atom stereocenters. The average Bonchev–Trinajstić information content (AvgIpc) is 2.50. The molecule has 4 heteroatoms. The summed E-state index contributed by atoms with van der Waals surface area (Å²) in [7, 11) is 0. The van der Waals surface area contributed by atoms with Crippen LogP contribution < -0.4 is 0 Å². The molecule has 0 aromatic heterocycles. The quantitative estimate of drug-likeness (QED) is 0.647. The second kappa shape index (κ2) is 4.33. The minimum Gasteiger partial charge on any atom is -0.443 e. The Kier molecular flexibility index (Phi) is 3.17. The first-order valence-corrected chi connectivity index (χ1v) is 6.26. The van der Waals surface area contributed by atoms with Crippen LogP contribution in [0.15, 0.2) is 12.3 Å². The number of hydrogen-bond donors (Lipinski definition) is 0. The molecule has 0 N–H and O–H groups in total. The maximum Gasteiger partial charge on any atom is 0.414 e. The molecule has 1 amide bonds. The van der Waals surface area contributed by atoms with E-state index in [0.717, 1.165) is 31.9 Å². The number of nitrogens with zero attached hydrogens (tertiary/aromatic N) is 2. The number of rotatable bonds is 0. The van der Waals surface area contributed by atoms with Crippen molar-refractivity contribution in [1.82, 2.24) is 9.80 Å². The van der Waals surface area contributed by atoms with Crippen LogP contribution in [-0.4, -0.2) is 47.7 Å². The monoisotopic (exact) mass is 238 g/mol. The normalized spacial score (nSPS) is 29.1. The van der Waals surface area contributed by atoms with E-state index in [1.54, 1.807) is 4.90 Å². The van der Waals surface area contributed by atoms with E-state index < -0.39 is 5.60 Å². The summed E-state index contributed by atoms with van der Waals surface area (Å²) >= 11 is 0. The lowest BCUT2D eigenvalue weighted by Gasteiger charge is -2.29. The van der Waals surface area contributed by atoms with Crippen molar-refractivity contribution in [3.8, 4) is 0 Å². The lowest BCUT2D eigenvalue weighted by molar-refractivity contribution is 0.0294. The van der Waals surface area contributed by atoms with E-state index in [4.69, 9.17) is 4.74 Å². The summed E-state index contributed by atoms with van der Waals surface area (Å²) in [4.78, 5) is 16.2. The molecule has 17 heavy (non-hydrogen) atoms. The van der Waals surface area contributed by atoms with Gasteiger partial charge in [0.1, 0.15) is 5.60 Å². The largest absolute Gasteiger partial charge is 0.443 e. The number of amides is 1. The summed E-state index contributed by atoms with van der Waals surface area (Å²) in [6.07, 6.45) is 0.920. The van der Waals surface area contributed by atoms with Crippen LogP contribution in [0.1, 0.15) is 27.2 Å². The third-order valence-electron chi connectivity index (χ3n) is 3.21. The van der Waals surface area contributed by atoms with Gasteiger partial charge in [0.05, 0.1) is 0 Å². The van der Waals surface area contributed by atoms with Crippen molar-refractivity contribution in [2.24, 2.45) is 5.92 Å². The second-order valence-electron chi connectivity index (χ2n) is 6.05. The van der Waals surface area contributed by atoms with Crippen molar-refractivity contribution < 1.29 is 9.53 Å². The zero-order valence-electron chi connectivity index (χ0n) is 11.0. The van der Waals surface area contributed by atoms with Crippen LogP contribution in [0.25, 0.3) is 0 Å². The van der Waals surface area contributed by atoms with Crippen molar-refractivity contribution in [1.29, 1.82) is 0 Å². The van der Waals surface area contributed by atoms with Crippen LogP contribution in [0.5, 0.6) is 0 Å². The molecule has 2 aliphatic heterocycles. The predicted molar refractivity (Wildman–Crippen MR) is 66.6 cm³/mol. The Hall–Kier alpha value is -1.03. The third-order valence-corrected chi connectivity index (χ3v) is 3.21. The second-order valence-corrected chi connectivity index (χ2v) is 6.05. The summed E-state index contributed by atoms with van der Waals surface area (Å²) in [5, 5.41) is 0. The van der Waals surface area contributed by atoms with E-state index in [-0.39, 0.29) is 6.09 Å². The van der Waals surface area contributed by atoms with Crippen molar-refractivity contribution in [2.75, 3.05) is 26.2 Å². The van der Waals surface area contributed by atoms with E-state index in [9.17, 15) is 4.79 Å². The fourth-order valence-electron chi connectivity index (χ4n) is 2.46. The molecule has 2 fully saturated rings. The highest BCUT2D eigenvalue weighted by Gasteiger charge is 2.34. The fourth-order valence-corrected chi connectivity index (χ4v) is 2.46. The van der Waals surface area contributed by atoms with Gasteiger partial charge in [-0.05, 0) is 39.7 Å². The summed E-state index contributed by atoms with van der Waals surface area (Å²) in [5.41, 5.74) is 0.421. The number of hydrogen-bond acceptors (Lipinski definition) is 3. The van der Waals surface area contributed by atoms with Gasteiger partial charge >= 0.3 is 6.09 Å². The Morgan fingerprint density at radius 3 is 2.76 bits per heavy atom. The van der Waals surface area contributed by atoms with Gasteiger partial charge in [0.15, 0.2) is 0 Å². The van der Waals surface area contributed by atoms with E-state index >= 15 is 0 Å². The van der Waals surface area contributed by atoms with Gasteiger partial charge in [-0.3, -0.25) is 9.80 Å². The van der Waals surface area contributed by atoms with Gasteiger partial charge in [-0.15, -0.1) is 0 Å². The van der Waals surface area contributed by atoms with Crippen LogP contribution in [0.4, 0.5) is 4.79 Å². The smallest absolute Gasteiger partial charge is 0.414 e. The molecular weight excluding hydrogens is 216 g/mol. The zero-order valence-corrected chi connectivity index (χ0v) is 11.0. The average molecular weight is 238 g/mol. The predicted octanol–water partition coefficient (Wildman–Crippen LogP) is 2.07. The molecule has 2 bridgehead atoms. The molecule has 0 spiro atoms. The van der Waals surface area contributed by atoms with Gasteiger partial charge in [0, 0.05) is 25.3 Å². The molecule has 0 radical (unpaired) electrons. The van der Waals surface area contributed by atoms with Crippen LogP contribution in [0, 0.1) is 5.92 Å². The number of ether oxygens (including phenoxy) is 1. The maximum absolute atomic E-state index is 12.1. The lowest BCUT2D eigenvalue weighted by Crippen LogP contribution is -2.39. The highest BCUT2D eigenvalue weighted by molar-refractivity contribution is 5.70. The van der Waals surface area contributed by atoms with Crippen LogP contribution in [0.2, 0.25) is 0 Å². The first-order valence-electron chi connectivity index (χ1n) is 6.26. The Bertz CT molecular complexity index is 333. The summed E-state index contributed by atoms with van der Waals surface area (Å²) < 4.78 is 5.42. The number of fused-ring (bicyclic) bond motifs is 2. The lowest BCUT2D eigenvalue weighted by atomic mass is 10.1. The molecule has 0 saturated carbocycles. The Morgan fingerprint density at radius 2 is 2.12 bits per heavy atom. The first kappa shape index (κ1) is 12.4. The van der Waals surface area contributed by atoms with Gasteiger partial charge < -0.3 is 4.74 Å². The molecule has 0 aliphatic carbocycles. The van der Waals surface area contributed by atoms with Gasteiger partial charge in [0.2, 0.25) is 0 Å². The van der Waals surface area contributed by atoms with Gasteiger partial charge in [-0.25, -0.2) is 4.79 Å². The molecule has 0 aromatic rings. The van der Waals surface area contributed by atoms with Gasteiger partial charge in [-0.2, -0.15) is 0 Å². The van der Waals surface area contributed by atoms with Crippen molar-refractivity contribution >= 4 is 6.09 Å². The summed E-state index contributed by atoms with van der Waals surface area (Å²) in [5.74, 6) is 0.571. The molecule has 2 aliphatic rings. The van der Waals surface area contributed by atoms with Crippen LogP contribution >= 0.6 is 0 Å². The Balaban J connectivity index is 2.04. The van der Waals surface area contributed by atoms with Crippen molar-refractivity contribution in [2.45, 2.75) is 32.8 Å². The third kappa shape index (κ3) is 3.00. The zero-order chi connectivity index (χ0) is 12.6. The number of carbonyl (C=O) groups is 1. The van der Waals surface area contributed by atoms with Gasteiger partial charge in [-0.1, -0.05) is 6.58 Å². The van der Waals surface area contributed by atoms with Crippen molar-refractivity contribution in [3.63, 3.8) is 0 Å². The minimum atomic E-state index is -0.441. The van der Waals surface area contributed by atoms with Gasteiger partial charge in [0.25, 0.3) is 0 Å². The highest BCUT2D eigenvalue weighted by atomic mass is 16.6. The maximum atomic E-state index is 12.1. The molecule has 96 valence electrons. The Labute approximate surface area is 103 Å². The molecule has 2 rings (SSSR count). The molecule has 2 saturated heterocycles. The van der Waals surface area contributed by atoms with Crippen LogP contribution in [-0.2, 0) is 4.74 Å². The van der Waals surface area contributed by atoms with E-state index in [0.29, 0.717) is 5.92 Å².